The number of aromatic amines is 1. The monoisotopic (exact) mass is 411 g/mol. The molecule has 0 bridgehead atoms. The first-order valence-corrected chi connectivity index (χ1v) is 11.3. The lowest BCUT2D eigenvalue weighted by atomic mass is 9.97. The third kappa shape index (κ3) is 4.65. The Hall–Kier alpha value is -2.71. The highest BCUT2D eigenvalue weighted by Crippen LogP contribution is 2.25. The normalized spacial score (nSPS) is 15.6. The van der Waals surface area contributed by atoms with E-state index >= 15 is 0 Å². The summed E-state index contributed by atoms with van der Waals surface area (Å²) in [6, 6.07) is 12.9. The van der Waals surface area contributed by atoms with E-state index in [0.29, 0.717) is 17.4 Å². The molecule has 3 aromatic rings. The molecule has 0 saturated carbocycles. The van der Waals surface area contributed by atoms with Crippen LogP contribution in [0.15, 0.2) is 59.8 Å². The van der Waals surface area contributed by atoms with Gasteiger partial charge in [-0.1, -0.05) is 17.7 Å². The van der Waals surface area contributed by atoms with E-state index in [9.17, 15) is 8.42 Å². The molecule has 0 aliphatic carbocycles. The fourth-order valence-electron chi connectivity index (χ4n) is 3.54. The number of aromatic nitrogens is 3. The van der Waals surface area contributed by atoms with Gasteiger partial charge in [-0.15, -0.1) is 0 Å². The van der Waals surface area contributed by atoms with E-state index in [1.807, 2.05) is 43.5 Å². The molecular formula is C21H25N5O2S. The van der Waals surface area contributed by atoms with Crippen molar-refractivity contribution in [1.82, 2.24) is 19.9 Å². The topological polar surface area (TPSA) is 91.0 Å². The predicted molar refractivity (Wildman–Crippen MR) is 113 cm³/mol. The second-order valence-electron chi connectivity index (χ2n) is 7.48. The molecule has 29 heavy (non-hydrogen) atoms. The molecule has 1 fully saturated rings. The molecule has 2 aromatic heterocycles. The van der Waals surface area contributed by atoms with Crippen LogP contribution in [0.25, 0.3) is 11.3 Å². The Morgan fingerprint density at radius 3 is 2.62 bits per heavy atom. The molecule has 0 amide bonds. The number of H-pyrrole nitrogens is 1. The van der Waals surface area contributed by atoms with Gasteiger partial charge in [0.15, 0.2) is 5.82 Å². The van der Waals surface area contributed by atoms with Gasteiger partial charge in [-0.2, -0.15) is 5.10 Å². The molecule has 2 N–H and O–H groups in total. The first kappa shape index (κ1) is 19.6. The van der Waals surface area contributed by atoms with Gasteiger partial charge in [0.25, 0.3) is 0 Å². The summed E-state index contributed by atoms with van der Waals surface area (Å²) in [5, 5.41) is 7.51. The van der Waals surface area contributed by atoms with Gasteiger partial charge < -0.3 is 4.90 Å². The quantitative estimate of drug-likeness (QED) is 0.651. The first-order valence-electron chi connectivity index (χ1n) is 9.78. The number of nitrogens with one attached hydrogen (secondary N) is 2. The fraction of sp³-hybridized carbons (Fsp3) is 0.333. The molecule has 1 aromatic carbocycles. The summed E-state index contributed by atoms with van der Waals surface area (Å²) >= 11 is 0. The molecule has 1 aliphatic heterocycles. The van der Waals surface area contributed by atoms with Crippen LogP contribution < -0.4 is 9.62 Å². The van der Waals surface area contributed by atoms with Gasteiger partial charge in [0.2, 0.25) is 10.0 Å². The lowest BCUT2D eigenvalue weighted by molar-refractivity contribution is 0.400. The van der Waals surface area contributed by atoms with Crippen LogP contribution in [0, 0.1) is 12.8 Å². The minimum absolute atomic E-state index is 0.319. The SMILES string of the molecule is Cc1ccc(S(=O)(=O)NCC2CCN(c3cc(-c4cccnc4)[nH]n3)CC2)cc1. The van der Waals surface area contributed by atoms with E-state index in [2.05, 4.69) is 24.8 Å². The molecule has 7 nitrogen and oxygen atoms in total. The Morgan fingerprint density at radius 2 is 1.93 bits per heavy atom. The predicted octanol–water partition coefficient (Wildman–Crippen LogP) is 2.98. The van der Waals surface area contributed by atoms with Gasteiger partial charge in [-0.3, -0.25) is 10.1 Å². The summed E-state index contributed by atoms with van der Waals surface area (Å²) in [5.74, 6) is 1.24. The van der Waals surface area contributed by atoms with Crippen LogP contribution in [-0.2, 0) is 10.0 Å². The van der Waals surface area contributed by atoms with E-state index in [4.69, 9.17) is 0 Å². The lowest BCUT2D eigenvalue weighted by Gasteiger charge is -2.32. The van der Waals surface area contributed by atoms with E-state index in [1.165, 1.54) is 0 Å². The zero-order chi connectivity index (χ0) is 20.3. The fourth-order valence-corrected chi connectivity index (χ4v) is 4.65. The van der Waals surface area contributed by atoms with Crippen LogP contribution >= 0.6 is 0 Å². The van der Waals surface area contributed by atoms with Crippen LogP contribution in [0.4, 0.5) is 5.82 Å². The molecule has 3 heterocycles. The summed E-state index contributed by atoms with van der Waals surface area (Å²) in [6.45, 7) is 4.12. The molecule has 1 aliphatic rings. The first-order chi connectivity index (χ1) is 14.0. The molecule has 152 valence electrons. The smallest absolute Gasteiger partial charge is 0.240 e. The average molecular weight is 412 g/mol. The maximum absolute atomic E-state index is 12.5. The van der Waals surface area contributed by atoms with Gasteiger partial charge in [0.1, 0.15) is 0 Å². The number of hydrogen-bond acceptors (Lipinski definition) is 5. The zero-order valence-corrected chi connectivity index (χ0v) is 17.2. The number of aryl methyl sites for hydroxylation is 1. The van der Waals surface area contributed by atoms with E-state index in [-0.39, 0.29) is 0 Å². The van der Waals surface area contributed by atoms with Gasteiger partial charge in [0, 0.05) is 43.7 Å². The van der Waals surface area contributed by atoms with Gasteiger partial charge in [-0.25, -0.2) is 13.1 Å². The number of sulfonamides is 1. The molecule has 1 saturated heterocycles. The van der Waals surface area contributed by atoms with Crippen LogP contribution in [0.5, 0.6) is 0 Å². The van der Waals surface area contributed by atoms with Crippen molar-refractivity contribution >= 4 is 15.8 Å². The molecule has 4 rings (SSSR count). The van der Waals surface area contributed by atoms with Crippen molar-refractivity contribution in [3.8, 4) is 11.3 Å². The Kier molecular flexibility index (Phi) is 5.64. The summed E-state index contributed by atoms with van der Waals surface area (Å²) in [5.41, 5.74) is 2.99. The van der Waals surface area contributed by atoms with E-state index in [0.717, 1.165) is 48.6 Å². The van der Waals surface area contributed by atoms with Crippen molar-refractivity contribution in [2.45, 2.75) is 24.7 Å². The van der Waals surface area contributed by atoms with E-state index in [1.54, 1.807) is 18.3 Å². The zero-order valence-electron chi connectivity index (χ0n) is 16.4. The van der Waals surface area contributed by atoms with Gasteiger partial charge >= 0.3 is 0 Å². The Labute approximate surface area is 171 Å². The molecule has 0 spiro atoms. The Balaban J connectivity index is 1.31. The highest BCUT2D eigenvalue weighted by Gasteiger charge is 2.23. The molecule has 8 heteroatoms. The number of hydrogen-bond donors (Lipinski definition) is 2. The third-order valence-electron chi connectivity index (χ3n) is 5.37. The summed E-state index contributed by atoms with van der Waals surface area (Å²) in [7, 11) is -3.46. The highest BCUT2D eigenvalue weighted by molar-refractivity contribution is 7.89. The van der Waals surface area contributed by atoms with Crippen molar-refractivity contribution in [2.75, 3.05) is 24.5 Å². The maximum atomic E-state index is 12.5. The van der Waals surface area contributed by atoms with Crippen molar-refractivity contribution in [3.63, 3.8) is 0 Å². The molecular weight excluding hydrogens is 386 g/mol. The van der Waals surface area contributed by atoms with Crippen LogP contribution in [0.3, 0.4) is 0 Å². The van der Waals surface area contributed by atoms with Crippen LogP contribution in [0.1, 0.15) is 18.4 Å². The molecule has 0 radical (unpaired) electrons. The second-order valence-corrected chi connectivity index (χ2v) is 9.24. The minimum atomic E-state index is -3.46. The Morgan fingerprint density at radius 1 is 1.17 bits per heavy atom. The summed E-state index contributed by atoms with van der Waals surface area (Å²) in [4.78, 5) is 6.70. The average Bonchev–Trinajstić information content (AvgIpc) is 3.24. The lowest BCUT2D eigenvalue weighted by Crippen LogP contribution is -2.38. The van der Waals surface area contributed by atoms with Crippen molar-refractivity contribution in [2.24, 2.45) is 5.92 Å². The number of piperidine rings is 1. The van der Waals surface area contributed by atoms with Crippen LogP contribution in [0.2, 0.25) is 0 Å². The number of nitrogens with zero attached hydrogens (tertiary/aromatic N) is 3. The minimum Gasteiger partial charge on any atom is -0.355 e. The molecule has 0 unspecified atom stereocenters. The van der Waals surface area contributed by atoms with E-state index < -0.39 is 10.0 Å². The number of pyridine rings is 1. The summed E-state index contributed by atoms with van der Waals surface area (Å²) < 4.78 is 27.7. The van der Waals surface area contributed by atoms with Crippen molar-refractivity contribution in [3.05, 3.63) is 60.4 Å². The highest BCUT2D eigenvalue weighted by atomic mass is 32.2. The number of rotatable bonds is 6. The number of anilines is 1. The van der Waals surface area contributed by atoms with Crippen molar-refractivity contribution in [1.29, 1.82) is 0 Å². The van der Waals surface area contributed by atoms with Crippen LogP contribution in [-0.4, -0.2) is 43.2 Å². The standard InChI is InChI=1S/C21H25N5O2S/c1-16-4-6-19(7-5-16)29(27,28)23-14-17-8-11-26(12-9-17)21-13-20(24-25-21)18-3-2-10-22-15-18/h2-7,10,13,15,17,23H,8-9,11-12,14H2,1H3,(H,24,25). The summed E-state index contributed by atoms with van der Waals surface area (Å²) in [6.07, 6.45) is 5.40. The van der Waals surface area contributed by atoms with Gasteiger partial charge in [0.05, 0.1) is 10.6 Å². The van der Waals surface area contributed by atoms with Gasteiger partial charge in [-0.05, 0) is 49.9 Å². The van der Waals surface area contributed by atoms with Crippen molar-refractivity contribution < 1.29 is 8.42 Å². The number of benzene rings is 1. The largest absolute Gasteiger partial charge is 0.355 e. The maximum Gasteiger partial charge on any atom is 0.240 e. The molecule has 0 atom stereocenters. The second kappa shape index (κ2) is 8.34. The third-order valence-corrected chi connectivity index (χ3v) is 6.81. The Bertz CT molecular complexity index is 1040.